The Bertz CT molecular complexity index is 793. The third-order valence-electron chi connectivity index (χ3n) is 6.76. The molecule has 2 aliphatic rings. The molecular weight excluding hydrogens is 460 g/mol. The van der Waals surface area contributed by atoms with Crippen LogP contribution in [-0.4, -0.2) is 62.3 Å². The molecule has 0 bridgehead atoms. The zero-order chi connectivity index (χ0) is 22.8. The second-order valence-corrected chi connectivity index (χ2v) is 10.9. The quantitative estimate of drug-likeness (QED) is 0.616. The fraction of sp³-hybridized carbons (Fsp3) is 0.667. The molecule has 1 saturated heterocycles. The summed E-state index contributed by atoms with van der Waals surface area (Å²) in [6, 6.07) is 7.59. The Morgan fingerprint density at radius 2 is 1.77 bits per heavy atom. The minimum Gasteiger partial charge on any atom is -0.465 e. The maximum atomic E-state index is 13.7. The van der Waals surface area contributed by atoms with E-state index >= 15 is 0 Å². The monoisotopic (exact) mass is 494 g/mol. The van der Waals surface area contributed by atoms with Gasteiger partial charge in [0.25, 0.3) is 0 Å². The number of aliphatic hydroxyl groups is 1. The van der Waals surface area contributed by atoms with Crippen molar-refractivity contribution in [2.45, 2.75) is 88.8 Å². The Morgan fingerprint density at radius 1 is 1.16 bits per heavy atom. The average molecular weight is 495 g/mol. The van der Waals surface area contributed by atoms with E-state index in [2.05, 4.69) is 15.9 Å². The third-order valence-corrected chi connectivity index (χ3v) is 7.25. The highest BCUT2D eigenvalue weighted by Gasteiger charge is 2.46. The molecule has 2 fully saturated rings. The zero-order valence-corrected chi connectivity index (χ0v) is 20.4. The molecule has 1 aliphatic carbocycles. The summed E-state index contributed by atoms with van der Waals surface area (Å²) in [4.78, 5) is 28.9. The van der Waals surface area contributed by atoms with Crippen molar-refractivity contribution in [1.29, 1.82) is 0 Å². The Kier molecular flexibility index (Phi) is 7.36. The number of hydrogen-bond acceptors (Lipinski definition) is 3. The summed E-state index contributed by atoms with van der Waals surface area (Å²) >= 11 is 3.51. The number of nitrogens with zero attached hydrogens (tertiary/aromatic N) is 2. The van der Waals surface area contributed by atoms with Crippen molar-refractivity contribution in [3.8, 4) is 0 Å². The topological polar surface area (TPSA) is 81.1 Å². The minimum atomic E-state index is -1.04. The summed E-state index contributed by atoms with van der Waals surface area (Å²) in [5.41, 5.74) is -0.683. The van der Waals surface area contributed by atoms with E-state index in [1.165, 1.54) is 4.90 Å². The highest BCUT2D eigenvalue weighted by Crippen LogP contribution is 2.42. The molecule has 2 N–H and O–H groups in total. The van der Waals surface area contributed by atoms with Gasteiger partial charge in [-0.1, -0.05) is 47.3 Å². The lowest BCUT2D eigenvalue weighted by molar-refractivity contribution is -0.143. The zero-order valence-electron chi connectivity index (χ0n) is 18.8. The SMILES string of the molecule is CC(C)(C)N(C(=O)O)C1CCN(C(=O)C(c2cccc(Br)c2)C2(O)CCCCC2)CC1. The first-order valence-corrected chi connectivity index (χ1v) is 12.1. The van der Waals surface area contributed by atoms with E-state index in [-0.39, 0.29) is 11.9 Å². The van der Waals surface area contributed by atoms with Crippen LogP contribution in [0.1, 0.15) is 77.2 Å². The number of benzene rings is 1. The highest BCUT2D eigenvalue weighted by atomic mass is 79.9. The van der Waals surface area contributed by atoms with Crippen LogP contribution in [0.25, 0.3) is 0 Å². The summed E-state index contributed by atoms with van der Waals surface area (Å²) < 4.78 is 0.892. The van der Waals surface area contributed by atoms with E-state index in [1.807, 2.05) is 49.9 Å². The standard InChI is InChI=1S/C24H35BrN2O4/c1-23(2,3)27(22(29)30)19-10-14-26(15-11-19)21(28)20(17-8-7-9-18(25)16-17)24(31)12-5-4-6-13-24/h7-9,16,19-20,31H,4-6,10-15H2,1-3H3,(H,29,30). The van der Waals surface area contributed by atoms with Crippen LogP contribution in [0.4, 0.5) is 4.79 Å². The second-order valence-electron chi connectivity index (χ2n) is 10.0. The molecule has 1 aromatic rings. The van der Waals surface area contributed by atoms with Crippen LogP contribution in [0.5, 0.6) is 0 Å². The number of rotatable bonds is 4. The van der Waals surface area contributed by atoms with Crippen molar-refractivity contribution in [2.24, 2.45) is 0 Å². The normalized spacial score (nSPS) is 20.9. The van der Waals surface area contributed by atoms with E-state index in [9.17, 15) is 19.8 Å². The van der Waals surface area contributed by atoms with Gasteiger partial charge in [-0.05, 0) is 64.2 Å². The summed E-state index contributed by atoms with van der Waals surface area (Å²) in [6.07, 6.45) is 4.50. The molecule has 172 valence electrons. The van der Waals surface area contributed by atoms with Crippen LogP contribution in [-0.2, 0) is 4.79 Å². The van der Waals surface area contributed by atoms with Gasteiger partial charge in [0, 0.05) is 29.1 Å². The van der Waals surface area contributed by atoms with Gasteiger partial charge in [0.15, 0.2) is 0 Å². The van der Waals surface area contributed by atoms with Gasteiger partial charge in [0.1, 0.15) is 0 Å². The molecule has 0 spiro atoms. The number of hydrogen-bond donors (Lipinski definition) is 2. The third kappa shape index (κ3) is 5.43. The predicted molar refractivity (Wildman–Crippen MR) is 124 cm³/mol. The molecule has 1 unspecified atom stereocenters. The molecule has 1 heterocycles. The number of amides is 2. The van der Waals surface area contributed by atoms with Crippen LogP contribution in [0.15, 0.2) is 28.7 Å². The Hall–Kier alpha value is -1.60. The van der Waals surface area contributed by atoms with Gasteiger partial charge in [-0.3, -0.25) is 4.79 Å². The largest absolute Gasteiger partial charge is 0.465 e. The van der Waals surface area contributed by atoms with Gasteiger partial charge >= 0.3 is 6.09 Å². The predicted octanol–water partition coefficient (Wildman–Crippen LogP) is 5.00. The second kappa shape index (κ2) is 9.49. The molecule has 2 amide bonds. The summed E-state index contributed by atoms with van der Waals surface area (Å²) in [7, 11) is 0. The van der Waals surface area contributed by atoms with E-state index in [0.29, 0.717) is 38.8 Å². The van der Waals surface area contributed by atoms with E-state index in [1.54, 1.807) is 0 Å². The molecule has 1 aromatic carbocycles. The van der Waals surface area contributed by atoms with Gasteiger partial charge in [-0.25, -0.2) is 4.79 Å². The Morgan fingerprint density at radius 3 is 2.29 bits per heavy atom. The number of carbonyl (C=O) groups excluding carboxylic acids is 1. The molecule has 1 aliphatic heterocycles. The van der Waals surface area contributed by atoms with Crippen molar-refractivity contribution in [3.63, 3.8) is 0 Å². The van der Waals surface area contributed by atoms with Gasteiger partial charge < -0.3 is 20.0 Å². The highest BCUT2D eigenvalue weighted by molar-refractivity contribution is 9.10. The summed E-state index contributed by atoms with van der Waals surface area (Å²) in [6.45, 7) is 6.72. The molecule has 6 nitrogen and oxygen atoms in total. The van der Waals surface area contributed by atoms with Crippen molar-refractivity contribution >= 4 is 27.9 Å². The molecule has 0 aromatic heterocycles. The first-order valence-electron chi connectivity index (χ1n) is 11.3. The first kappa shape index (κ1) is 24.1. The van der Waals surface area contributed by atoms with Gasteiger partial charge in [0.2, 0.25) is 5.91 Å². The van der Waals surface area contributed by atoms with Crippen molar-refractivity contribution in [1.82, 2.24) is 9.80 Å². The van der Waals surface area contributed by atoms with Crippen LogP contribution in [0.2, 0.25) is 0 Å². The van der Waals surface area contributed by atoms with Crippen molar-refractivity contribution in [3.05, 3.63) is 34.3 Å². The fourth-order valence-corrected chi connectivity index (χ4v) is 5.76. The Labute approximate surface area is 193 Å². The van der Waals surface area contributed by atoms with E-state index in [0.717, 1.165) is 29.3 Å². The summed E-state index contributed by atoms with van der Waals surface area (Å²) in [5, 5.41) is 21.3. The van der Waals surface area contributed by atoms with Gasteiger partial charge in [-0.2, -0.15) is 0 Å². The number of carboxylic acid groups (broad SMARTS) is 1. The number of piperidine rings is 1. The van der Waals surface area contributed by atoms with Gasteiger partial charge in [0.05, 0.1) is 11.5 Å². The van der Waals surface area contributed by atoms with E-state index < -0.39 is 23.2 Å². The van der Waals surface area contributed by atoms with Crippen molar-refractivity contribution in [2.75, 3.05) is 13.1 Å². The number of carbonyl (C=O) groups is 2. The van der Waals surface area contributed by atoms with Crippen LogP contribution in [0.3, 0.4) is 0 Å². The molecule has 7 heteroatoms. The molecular formula is C24H35BrN2O4. The summed E-state index contributed by atoms with van der Waals surface area (Å²) in [5.74, 6) is -0.640. The van der Waals surface area contributed by atoms with Crippen LogP contribution in [0, 0.1) is 0 Å². The number of likely N-dealkylation sites (tertiary alicyclic amines) is 1. The molecule has 31 heavy (non-hydrogen) atoms. The number of halogens is 1. The van der Waals surface area contributed by atoms with Crippen LogP contribution < -0.4 is 0 Å². The Balaban J connectivity index is 1.81. The smallest absolute Gasteiger partial charge is 0.407 e. The molecule has 1 saturated carbocycles. The fourth-order valence-electron chi connectivity index (χ4n) is 5.34. The minimum absolute atomic E-state index is 0.0430. The maximum absolute atomic E-state index is 13.7. The molecule has 0 radical (unpaired) electrons. The van der Waals surface area contributed by atoms with E-state index in [4.69, 9.17) is 0 Å². The van der Waals surface area contributed by atoms with Gasteiger partial charge in [-0.15, -0.1) is 0 Å². The lowest BCUT2D eigenvalue weighted by atomic mass is 9.72. The average Bonchev–Trinajstić information content (AvgIpc) is 2.67. The molecule has 3 rings (SSSR count). The lowest BCUT2D eigenvalue weighted by Gasteiger charge is -2.45. The molecule has 1 atom stereocenters. The van der Waals surface area contributed by atoms with Crippen molar-refractivity contribution < 1.29 is 19.8 Å². The lowest BCUT2D eigenvalue weighted by Crippen LogP contribution is -2.56. The first-order chi connectivity index (χ1) is 14.5. The van der Waals surface area contributed by atoms with Crippen LogP contribution >= 0.6 is 15.9 Å². The maximum Gasteiger partial charge on any atom is 0.407 e.